The molecule has 186 valence electrons. The summed E-state index contributed by atoms with van der Waals surface area (Å²) >= 11 is 0. The Hall–Kier alpha value is -3.78. The molecule has 0 spiro atoms. The highest BCUT2D eigenvalue weighted by Crippen LogP contribution is 2.51. The first-order chi connectivity index (χ1) is 17.1. The molecule has 1 heterocycles. The predicted molar refractivity (Wildman–Crippen MR) is 127 cm³/mol. The topological polar surface area (TPSA) is 142 Å². The van der Waals surface area contributed by atoms with E-state index in [-0.39, 0.29) is 47.5 Å². The third-order valence-electron chi connectivity index (χ3n) is 7.86. The normalized spacial score (nSPS) is 25.4. The van der Waals surface area contributed by atoms with E-state index in [0.29, 0.717) is 29.5 Å². The molecule has 1 aromatic carbocycles. The highest BCUT2D eigenvalue weighted by atomic mass is 16.3. The lowest BCUT2D eigenvalue weighted by Gasteiger charge is -2.46. The van der Waals surface area contributed by atoms with Gasteiger partial charge in [-0.1, -0.05) is 11.6 Å². The Morgan fingerprint density at radius 1 is 1.11 bits per heavy atom. The number of furan rings is 1. The molecule has 1 aromatic heterocycles. The molecule has 3 aliphatic carbocycles. The second kappa shape index (κ2) is 8.41. The van der Waals surface area contributed by atoms with E-state index in [1.165, 1.54) is 25.5 Å². The molecule has 0 amide bonds. The zero-order valence-corrected chi connectivity index (χ0v) is 20.0. The molecule has 36 heavy (non-hydrogen) atoms. The fourth-order valence-corrected chi connectivity index (χ4v) is 6.14. The molecule has 2 aromatic rings. The number of phenols is 1. The predicted octanol–water partition coefficient (Wildman–Crippen LogP) is 3.44. The second-order valence-electron chi connectivity index (χ2n) is 9.97. The maximum atomic E-state index is 13.6. The molecule has 3 aliphatic rings. The molecule has 8 nitrogen and oxygen atoms in total. The Balaban J connectivity index is 1.54. The number of carbonyl (C=O) groups is 4. The van der Waals surface area contributed by atoms with Crippen LogP contribution in [0.4, 0.5) is 0 Å². The largest absolute Gasteiger partial charge is 0.507 e. The van der Waals surface area contributed by atoms with E-state index in [9.17, 15) is 34.5 Å². The maximum Gasteiger partial charge on any atom is 0.206 e. The van der Waals surface area contributed by atoms with Crippen molar-refractivity contribution in [1.29, 1.82) is 0 Å². The van der Waals surface area contributed by atoms with Crippen molar-refractivity contribution < 1.29 is 38.9 Å². The van der Waals surface area contributed by atoms with Crippen LogP contribution in [0.2, 0.25) is 0 Å². The van der Waals surface area contributed by atoms with Gasteiger partial charge in [0.15, 0.2) is 17.2 Å². The summed E-state index contributed by atoms with van der Waals surface area (Å²) in [5.74, 6) is -4.38. The van der Waals surface area contributed by atoms with Crippen LogP contribution in [0, 0.1) is 11.8 Å². The number of rotatable bonds is 5. The first-order valence-electron chi connectivity index (χ1n) is 11.9. The lowest BCUT2D eigenvalue weighted by atomic mass is 9.57. The molecular weight excluding hydrogens is 464 g/mol. The highest BCUT2D eigenvalue weighted by Gasteiger charge is 2.60. The smallest absolute Gasteiger partial charge is 0.206 e. The number of hydrogen-bond acceptors (Lipinski definition) is 8. The van der Waals surface area contributed by atoms with Crippen molar-refractivity contribution in [2.24, 2.45) is 11.8 Å². The standard InChI is InChI=1S/C28H26O8/c1-13-9-18-10-17-11-19-15(3-5-20(30)16-7-8-36-12-16)4-6-21(31)24(19)25(32)23(17)27(34)28(18,35)26(33)22(13)14(2)29/h4,6-8,12,17-18,31-32,35H,3,5,9-11H2,1-2H3/t17-,18-,28-/m1/s1. The van der Waals surface area contributed by atoms with Gasteiger partial charge in [-0.05, 0) is 68.7 Å². The number of benzene rings is 1. The van der Waals surface area contributed by atoms with E-state index >= 15 is 0 Å². The minimum Gasteiger partial charge on any atom is -0.507 e. The summed E-state index contributed by atoms with van der Waals surface area (Å²) in [5, 5.41) is 33.2. The number of aromatic hydroxyl groups is 1. The van der Waals surface area contributed by atoms with E-state index in [1.807, 2.05) is 0 Å². The molecule has 3 N–H and O–H groups in total. The molecule has 0 saturated heterocycles. The Morgan fingerprint density at radius 2 is 1.86 bits per heavy atom. The Morgan fingerprint density at radius 3 is 2.53 bits per heavy atom. The molecule has 0 unspecified atom stereocenters. The average molecular weight is 491 g/mol. The van der Waals surface area contributed by atoms with Crippen molar-refractivity contribution in [2.75, 3.05) is 0 Å². The number of fused-ring (bicyclic) bond motifs is 3. The molecule has 5 rings (SSSR count). The lowest BCUT2D eigenvalue weighted by Crippen LogP contribution is -2.61. The van der Waals surface area contributed by atoms with Crippen molar-refractivity contribution >= 4 is 28.9 Å². The van der Waals surface area contributed by atoms with Crippen molar-refractivity contribution in [3.63, 3.8) is 0 Å². The Bertz CT molecular complexity index is 1390. The van der Waals surface area contributed by atoms with E-state index in [2.05, 4.69) is 0 Å². The lowest BCUT2D eigenvalue weighted by molar-refractivity contribution is -0.157. The Kier molecular flexibility index (Phi) is 5.59. The van der Waals surface area contributed by atoms with E-state index in [4.69, 9.17) is 4.42 Å². The van der Waals surface area contributed by atoms with Gasteiger partial charge in [-0.15, -0.1) is 0 Å². The molecule has 1 saturated carbocycles. The van der Waals surface area contributed by atoms with Crippen molar-refractivity contribution in [3.05, 3.63) is 69.7 Å². The summed E-state index contributed by atoms with van der Waals surface area (Å²) in [4.78, 5) is 51.4. The molecule has 0 bridgehead atoms. The van der Waals surface area contributed by atoms with Gasteiger partial charge >= 0.3 is 0 Å². The number of hydrogen-bond donors (Lipinski definition) is 3. The van der Waals surface area contributed by atoms with E-state index in [0.717, 1.165) is 5.56 Å². The van der Waals surface area contributed by atoms with Gasteiger partial charge in [0.25, 0.3) is 0 Å². The van der Waals surface area contributed by atoms with Crippen LogP contribution in [0.15, 0.2) is 51.9 Å². The minimum atomic E-state index is -2.43. The van der Waals surface area contributed by atoms with Gasteiger partial charge in [0.2, 0.25) is 11.6 Å². The number of ketones is 4. The maximum absolute atomic E-state index is 13.6. The van der Waals surface area contributed by atoms with Crippen LogP contribution < -0.4 is 0 Å². The fraction of sp³-hybridized carbons (Fsp3) is 0.357. The summed E-state index contributed by atoms with van der Waals surface area (Å²) in [6.07, 6.45) is 4.10. The zero-order chi connectivity index (χ0) is 25.9. The van der Waals surface area contributed by atoms with Crippen LogP contribution >= 0.6 is 0 Å². The fourth-order valence-electron chi connectivity index (χ4n) is 6.14. The SMILES string of the molecule is CC(=O)C1=C(C)C[C@@H]2C[C@@H]3Cc4c(CCC(=O)c5ccoc5)ccc(O)c4C(O)=C3C(=O)[C@]2(O)C1=O. The van der Waals surface area contributed by atoms with Crippen molar-refractivity contribution in [2.45, 2.75) is 51.6 Å². The van der Waals surface area contributed by atoms with Crippen molar-refractivity contribution in [1.82, 2.24) is 0 Å². The van der Waals surface area contributed by atoms with E-state index < -0.39 is 40.5 Å². The number of aliphatic hydroxyl groups is 2. The van der Waals surface area contributed by atoms with Gasteiger partial charge in [-0.3, -0.25) is 19.2 Å². The van der Waals surface area contributed by atoms with Crippen LogP contribution in [0.1, 0.15) is 60.2 Å². The number of aliphatic hydroxyl groups excluding tert-OH is 1. The summed E-state index contributed by atoms with van der Waals surface area (Å²) in [6.45, 7) is 2.88. The van der Waals surface area contributed by atoms with Crippen LogP contribution in [-0.4, -0.2) is 44.1 Å². The second-order valence-corrected chi connectivity index (χ2v) is 9.97. The molecule has 8 heteroatoms. The summed E-state index contributed by atoms with van der Waals surface area (Å²) < 4.78 is 4.97. The molecular formula is C28H26O8. The monoisotopic (exact) mass is 490 g/mol. The van der Waals surface area contributed by atoms with Crippen LogP contribution in [0.25, 0.3) is 5.76 Å². The van der Waals surface area contributed by atoms with Crippen molar-refractivity contribution in [3.8, 4) is 5.75 Å². The zero-order valence-electron chi connectivity index (χ0n) is 20.0. The first-order valence-corrected chi connectivity index (χ1v) is 11.9. The van der Waals surface area contributed by atoms with Gasteiger partial charge < -0.3 is 19.7 Å². The number of allylic oxidation sites excluding steroid dienone is 1. The van der Waals surface area contributed by atoms with Gasteiger partial charge in [0.05, 0.1) is 23.0 Å². The molecule has 0 aliphatic heterocycles. The minimum absolute atomic E-state index is 0.0756. The number of aryl methyl sites for hydroxylation is 1. The van der Waals surface area contributed by atoms with Gasteiger partial charge in [-0.25, -0.2) is 0 Å². The average Bonchev–Trinajstić information content (AvgIpc) is 3.35. The van der Waals surface area contributed by atoms with Crippen LogP contribution in [0.5, 0.6) is 5.75 Å². The number of Topliss-reactive ketones (excluding diaryl/α,β-unsaturated/α-hetero) is 4. The van der Waals surface area contributed by atoms with E-state index in [1.54, 1.807) is 19.1 Å². The van der Waals surface area contributed by atoms with Gasteiger partial charge in [0, 0.05) is 17.9 Å². The summed E-state index contributed by atoms with van der Waals surface area (Å²) in [6, 6.07) is 4.68. The number of phenolic OH excluding ortho intramolecular Hbond substituents is 1. The third kappa shape index (κ3) is 3.39. The summed E-state index contributed by atoms with van der Waals surface area (Å²) in [5.41, 5.74) is -0.220. The highest BCUT2D eigenvalue weighted by molar-refractivity contribution is 6.33. The van der Waals surface area contributed by atoms with Crippen LogP contribution in [-0.2, 0) is 27.2 Å². The Labute approximate surface area is 206 Å². The molecule has 0 radical (unpaired) electrons. The van der Waals surface area contributed by atoms with Crippen LogP contribution in [0.3, 0.4) is 0 Å². The molecule has 1 fully saturated rings. The van der Waals surface area contributed by atoms with Gasteiger partial charge in [-0.2, -0.15) is 0 Å². The quantitative estimate of drug-likeness (QED) is 0.329. The first kappa shape index (κ1) is 23.9. The van der Waals surface area contributed by atoms with Gasteiger partial charge in [0.1, 0.15) is 17.8 Å². The third-order valence-corrected chi connectivity index (χ3v) is 7.86. The summed E-state index contributed by atoms with van der Waals surface area (Å²) in [7, 11) is 0. The number of carbonyl (C=O) groups excluding carboxylic acids is 4. The molecule has 3 atom stereocenters.